The second-order valence-corrected chi connectivity index (χ2v) is 9.16. The highest BCUT2D eigenvalue weighted by Gasteiger charge is 2.33. The van der Waals surface area contributed by atoms with Gasteiger partial charge >= 0.3 is 12.1 Å². The van der Waals surface area contributed by atoms with Gasteiger partial charge in [0.25, 0.3) is 0 Å². The first-order chi connectivity index (χ1) is 14.6. The number of rotatable bonds is 5. The van der Waals surface area contributed by atoms with Crippen LogP contribution >= 0.6 is 0 Å². The monoisotopic (exact) mass is 448 g/mol. The maximum atomic E-state index is 13.4. The number of hydrogen-bond acceptors (Lipinski definition) is 6. The molecule has 3 rings (SSSR count). The molecule has 0 unspecified atom stereocenters. The summed E-state index contributed by atoms with van der Waals surface area (Å²) >= 11 is 0. The molecule has 2 aromatic rings. The van der Waals surface area contributed by atoms with Crippen molar-refractivity contribution in [3.63, 3.8) is 0 Å². The maximum absolute atomic E-state index is 13.4. The number of carboxylic acid groups (broad SMARTS) is 1. The molecule has 1 heterocycles. The second-order valence-electron chi connectivity index (χ2n) is 7.25. The van der Waals surface area contributed by atoms with Gasteiger partial charge < -0.3 is 19.5 Å². The van der Waals surface area contributed by atoms with Gasteiger partial charge in [0.2, 0.25) is 10.0 Å². The topological polar surface area (TPSA) is 113 Å². The number of benzene rings is 2. The fourth-order valence-corrected chi connectivity index (χ4v) is 4.98. The first-order valence-electron chi connectivity index (χ1n) is 9.58. The van der Waals surface area contributed by atoms with Gasteiger partial charge in [-0.05, 0) is 55.3 Å². The van der Waals surface area contributed by atoms with Crippen LogP contribution in [0, 0.1) is 13.8 Å². The Morgan fingerprint density at radius 2 is 1.58 bits per heavy atom. The summed E-state index contributed by atoms with van der Waals surface area (Å²) in [6, 6.07) is 9.61. The molecular weight excluding hydrogens is 424 g/mol. The zero-order valence-corrected chi connectivity index (χ0v) is 18.3. The Kier molecular flexibility index (Phi) is 6.51. The van der Waals surface area contributed by atoms with E-state index < -0.39 is 22.1 Å². The normalized spacial score (nSPS) is 14.9. The summed E-state index contributed by atoms with van der Waals surface area (Å²) in [7, 11) is -2.86. The van der Waals surface area contributed by atoms with Gasteiger partial charge in [0.1, 0.15) is 16.4 Å². The zero-order valence-electron chi connectivity index (χ0n) is 17.5. The van der Waals surface area contributed by atoms with Crippen molar-refractivity contribution in [2.75, 3.05) is 33.3 Å². The van der Waals surface area contributed by atoms with Gasteiger partial charge in [-0.25, -0.2) is 18.0 Å². The Hall–Kier alpha value is -3.11. The van der Waals surface area contributed by atoms with Crippen molar-refractivity contribution in [3.8, 4) is 11.5 Å². The highest BCUT2D eigenvalue weighted by molar-refractivity contribution is 7.89. The number of carbonyl (C=O) groups is 2. The van der Waals surface area contributed by atoms with E-state index in [2.05, 4.69) is 0 Å². The lowest BCUT2D eigenvalue weighted by molar-refractivity contribution is 0.0600. The summed E-state index contributed by atoms with van der Waals surface area (Å²) < 4.78 is 38.6. The molecule has 0 aliphatic carbocycles. The van der Waals surface area contributed by atoms with E-state index in [-0.39, 0.29) is 42.4 Å². The summed E-state index contributed by atoms with van der Waals surface area (Å²) in [5.74, 6) is -0.140. The third-order valence-corrected chi connectivity index (χ3v) is 6.83. The fourth-order valence-electron chi connectivity index (χ4n) is 3.42. The predicted octanol–water partition coefficient (Wildman–Crippen LogP) is 2.87. The maximum Gasteiger partial charge on any atom is 0.407 e. The van der Waals surface area contributed by atoms with E-state index in [0.29, 0.717) is 5.75 Å². The lowest BCUT2D eigenvalue weighted by Gasteiger charge is -2.32. The van der Waals surface area contributed by atoms with E-state index in [9.17, 15) is 18.0 Å². The van der Waals surface area contributed by atoms with E-state index in [0.717, 1.165) is 16.0 Å². The van der Waals surface area contributed by atoms with Crippen LogP contribution in [0.3, 0.4) is 0 Å². The molecule has 1 aliphatic rings. The Morgan fingerprint density at radius 3 is 2.13 bits per heavy atom. The number of amides is 1. The van der Waals surface area contributed by atoms with Gasteiger partial charge in [-0.3, -0.25) is 0 Å². The predicted molar refractivity (Wildman–Crippen MR) is 112 cm³/mol. The minimum absolute atomic E-state index is 0.0000778. The molecule has 2 aromatic carbocycles. The first kappa shape index (κ1) is 22.6. The Bertz CT molecular complexity index is 1090. The molecule has 166 valence electrons. The molecule has 0 radical (unpaired) electrons. The van der Waals surface area contributed by atoms with Gasteiger partial charge in [-0.1, -0.05) is 6.07 Å². The minimum atomic E-state index is -4.07. The summed E-state index contributed by atoms with van der Waals surface area (Å²) in [5, 5.41) is 9.11. The summed E-state index contributed by atoms with van der Waals surface area (Å²) in [6.45, 7) is 3.91. The molecule has 1 N–H and O–H groups in total. The van der Waals surface area contributed by atoms with E-state index in [4.69, 9.17) is 14.6 Å². The fraction of sp³-hybridized carbons (Fsp3) is 0.333. The van der Waals surface area contributed by atoms with Crippen LogP contribution < -0.4 is 4.74 Å². The Balaban J connectivity index is 2.01. The van der Waals surface area contributed by atoms with E-state index >= 15 is 0 Å². The molecule has 9 nitrogen and oxygen atoms in total. The van der Waals surface area contributed by atoms with Crippen molar-refractivity contribution in [2.24, 2.45) is 0 Å². The average Bonchev–Trinajstić information content (AvgIpc) is 2.72. The standard InChI is InChI=1S/C21H24N2O7S/c1-14-10-15(2)12-17(11-14)30-18-5-4-16(20(24)29-3)13-19(18)31(27,28)23-8-6-22(7-9-23)21(25)26/h4-5,10-13H,6-9H2,1-3H3,(H,25,26). The molecule has 0 atom stereocenters. The number of esters is 1. The molecule has 10 heteroatoms. The van der Waals surface area contributed by atoms with Crippen LogP contribution in [0.4, 0.5) is 4.79 Å². The van der Waals surface area contributed by atoms with Gasteiger partial charge in [-0.2, -0.15) is 4.31 Å². The van der Waals surface area contributed by atoms with Gasteiger partial charge in [0.05, 0.1) is 12.7 Å². The molecule has 0 bridgehead atoms. The number of carbonyl (C=O) groups excluding carboxylic acids is 1. The molecule has 1 aliphatic heterocycles. The third-order valence-electron chi connectivity index (χ3n) is 4.91. The van der Waals surface area contributed by atoms with Gasteiger partial charge in [0, 0.05) is 26.2 Å². The van der Waals surface area contributed by atoms with Crippen molar-refractivity contribution in [3.05, 3.63) is 53.1 Å². The van der Waals surface area contributed by atoms with Crippen molar-refractivity contribution in [2.45, 2.75) is 18.7 Å². The van der Waals surface area contributed by atoms with Crippen LogP contribution in [0.2, 0.25) is 0 Å². The van der Waals surface area contributed by atoms with Crippen LogP contribution in [-0.2, 0) is 14.8 Å². The molecule has 31 heavy (non-hydrogen) atoms. The number of hydrogen-bond donors (Lipinski definition) is 1. The highest BCUT2D eigenvalue weighted by Crippen LogP contribution is 2.33. The van der Waals surface area contributed by atoms with E-state index in [1.165, 1.54) is 29.6 Å². The number of aryl methyl sites for hydroxylation is 2. The number of sulfonamides is 1. The zero-order chi connectivity index (χ0) is 22.8. The Labute approximate surface area is 180 Å². The van der Waals surface area contributed by atoms with Gasteiger partial charge in [-0.15, -0.1) is 0 Å². The van der Waals surface area contributed by atoms with Crippen LogP contribution in [-0.4, -0.2) is 68.1 Å². The molecule has 0 saturated carbocycles. The largest absolute Gasteiger partial charge is 0.465 e. The second kappa shape index (κ2) is 8.94. The lowest BCUT2D eigenvalue weighted by atomic mass is 10.1. The summed E-state index contributed by atoms with van der Waals surface area (Å²) in [4.78, 5) is 24.1. The smallest absolute Gasteiger partial charge is 0.407 e. The molecule has 0 aromatic heterocycles. The molecule has 1 amide bonds. The first-order valence-corrected chi connectivity index (χ1v) is 11.0. The van der Waals surface area contributed by atoms with E-state index in [1.54, 1.807) is 12.1 Å². The van der Waals surface area contributed by atoms with Crippen LogP contribution in [0.25, 0.3) is 0 Å². The van der Waals surface area contributed by atoms with Crippen molar-refractivity contribution >= 4 is 22.1 Å². The van der Waals surface area contributed by atoms with Crippen molar-refractivity contribution in [1.82, 2.24) is 9.21 Å². The van der Waals surface area contributed by atoms with Gasteiger partial charge in [0.15, 0.2) is 0 Å². The number of methoxy groups -OCH3 is 1. The minimum Gasteiger partial charge on any atom is -0.465 e. The van der Waals surface area contributed by atoms with Crippen LogP contribution in [0.1, 0.15) is 21.5 Å². The van der Waals surface area contributed by atoms with Crippen LogP contribution in [0.5, 0.6) is 11.5 Å². The Morgan fingerprint density at radius 1 is 0.968 bits per heavy atom. The van der Waals surface area contributed by atoms with E-state index in [1.807, 2.05) is 19.9 Å². The number of nitrogens with zero attached hydrogens (tertiary/aromatic N) is 2. The number of ether oxygens (including phenoxy) is 2. The van der Waals surface area contributed by atoms with Crippen molar-refractivity contribution < 1.29 is 32.6 Å². The summed E-state index contributed by atoms with van der Waals surface area (Å²) in [5.41, 5.74) is 1.98. The highest BCUT2D eigenvalue weighted by atomic mass is 32.2. The molecular formula is C21H24N2O7S. The SMILES string of the molecule is COC(=O)c1ccc(Oc2cc(C)cc(C)c2)c(S(=O)(=O)N2CCN(C(=O)O)CC2)c1. The molecule has 0 spiro atoms. The number of piperazine rings is 1. The van der Waals surface area contributed by atoms with Crippen molar-refractivity contribution in [1.29, 1.82) is 0 Å². The summed E-state index contributed by atoms with van der Waals surface area (Å²) in [6.07, 6.45) is -1.09. The van der Waals surface area contributed by atoms with Crippen LogP contribution in [0.15, 0.2) is 41.3 Å². The quantitative estimate of drug-likeness (QED) is 0.700. The average molecular weight is 448 g/mol. The molecule has 1 fully saturated rings. The molecule has 1 saturated heterocycles. The third kappa shape index (κ3) is 4.97. The lowest BCUT2D eigenvalue weighted by Crippen LogP contribution is -2.50.